The van der Waals surface area contributed by atoms with Gasteiger partial charge in [0.25, 0.3) is 0 Å². The molecule has 3 nitrogen and oxygen atoms in total. The Kier molecular flexibility index (Phi) is 3.36. The highest BCUT2D eigenvalue weighted by Gasteiger charge is 2.60. The predicted octanol–water partition coefficient (Wildman–Crippen LogP) is 4.70. The van der Waals surface area contributed by atoms with Gasteiger partial charge in [0.05, 0.1) is 11.3 Å². The Morgan fingerprint density at radius 1 is 1.29 bits per heavy atom. The van der Waals surface area contributed by atoms with E-state index in [1.54, 1.807) is 24.3 Å². The molecule has 2 saturated carbocycles. The third kappa shape index (κ3) is 2.18. The first-order valence-corrected chi connectivity index (χ1v) is 7.77. The highest BCUT2D eigenvalue weighted by atomic mass is 35.5. The zero-order chi connectivity index (χ0) is 15.3. The fourth-order valence-electron chi connectivity index (χ4n) is 3.80. The summed E-state index contributed by atoms with van der Waals surface area (Å²) in [6.45, 7) is 6.84. The number of oxime groups is 1. The van der Waals surface area contributed by atoms with Gasteiger partial charge in [0, 0.05) is 10.4 Å². The van der Waals surface area contributed by atoms with Crippen LogP contribution in [-0.2, 0) is 4.84 Å². The summed E-state index contributed by atoms with van der Waals surface area (Å²) in [6, 6.07) is 6.65. The molecule has 0 aliphatic heterocycles. The van der Waals surface area contributed by atoms with Crippen LogP contribution in [0.25, 0.3) is 0 Å². The fourth-order valence-corrected chi connectivity index (χ4v) is 3.93. The summed E-state index contributed by atoms with van der Waals surface area (Å²) in [6.07, 6.45) is 3.31. The maximum atomic E-state index is 12.0. The Morgan fingerprint density at radius 3 is 2.48 bits per heavy atom. The molecule has 0 spiro atoms. The van der Waals surface area contributed by atoms with E-state index in [4.69, 9.17) is 16.4 Å². The number of nitrogens with zero attached hydrogens (tertiary/aromatic N) is 1. The molecule has 1 aromatic rings. The maximum Gasteiger partial charge on any atom is 0.365 e. The largest absolute Gasteiger partial charge is 0.365 e. The second kappa shape index (κ2) is 4.84. The normalized spacial score (nSPS) is 31.6. The molecular weight excluding hydrogens is 286 g/mol. The lowest BCUT2D eigenvalue weighted by Gasteiger charge is -2.34. The summed E-state index contributed by atoms with van der Waals surface area (Å²) < 4.78 is 0. The Labute approximate surface area is 130 Å². The SMILES string of the molecule is CC1(C)[C@H]2CC[C@@]1(C)/C(=N\OC(=O)c1ccc(Cl)cc1)C2. The predicted molar refractivity (Wildman–Crippen MR) is 83.5 cm³/mol. The summed E-state index contributed by atoms with van der Waals surface area (Å²) in [5.41, 5.74) is 1.79. The van der Waals surface area contributed by atoms with Crippen molar-refractivity contribution in [3.63, 3.8) is 0 Å². The van der Waals surface area contributed by atoms with Crippen molar-refractivity contribution >= 4 is 23.3 Å². The first-order chi connectivity index (χ1) is 9.84. The van der Waals surface area contributed by atoms with Gasteiger partial charge in [-0.15, -0.1) is 0 Å². The van der Waals surface area contributed by atoms with Gasteiger partial charge in [-0.25, -0.2) is 4.79 Å². The molecule has 0 amide bonds. The van der Waals surface area contributed by atoms with E-state index in [9.17, 15) is 4.79 Å². The minimum Gasteiger partial charge on any atom is -0.313 e. The van der Waals surface area contributed by atoms with Crippen LogP contribution in [0.3, 0.4) is 0 Å². The first kappa shape index (κ1) is 14.6. The van der Waals surface area contributed by atoms with Crippen molar-refractivity contribution in [2.24, 2.45) is 21.9 Å². The van der Waals surface area contributed by atoms with Crippen molar-refractivity contribution in [3.8, 4) is 0 Å². The number of fused-ring (bicyclic) bond motifs is 2. The molecule has 0 aromatic heterocycles. The molecule has 2 bridgehead atoms. The van der Waals surface area contributed by atoms with Gasteiger partial charge < -0.3 is 4.84 Å². The second-order valence-corrected chi connectivity index (χ2v) is 7.35. The standard InChI is InChI=1S/C17H20ClNO2/c1-16(2)12-8-9-17(16,3)14(10-12)19-21-15(20)11-4-6-13(18)7-5-11/h4-7,12H,8-10H2,1-3H3/b19-14-/t12-,17-/m0/s1. The molecule has 21 heavy (non-hydrogen) atoms. The third-order valence-electron chi connectivity index (χ3n) is 5.83. The molecule has 0 radical (unpaired) electrons. The fraction of sp³-hybridized carbons (Fsp3) is 0.529. The summed E-state index contributed by atoms with van der Waals surface area (Å²) in [5, 5.41) is 4.80. The quantitative estimate of drug-likeness (QED) is 0.587. The van der Waals surface area contributed by atoms with E-state index < -0.39 is 5.97 Å². The molecule has 2 atom stereocenters. The molecule has 2 fully saturated rings. The van der Waals surface area contributed by atoms with Crippen molar-refractivity contribution in [3.05, 3.63) is 34.9 Å². The van der Waals surface area contributed by atoms with Crippen LogP contribution in [-0.4, -0.2) is 11.7 Å². The third-order valence-corrected chi connectivity index (χ3v) is 6.08. The number of halogens is 1. The van der Waals surface area contributed by atoms with E-state index in [-0.39, 0.29) is 10.8 Å². The molecule has 1 aromatic carbocycles. The summed E-state index contributed by atoms with van der Waals surface area (Å²) >= 11 is 5.81. The number of carbonyl (C=O) groups excluding carboxylic acids is 1. The van der Waals surface area contributed by atoms with Crippen LogP contribution in [0.15, 0.2) is 29.4 Å². The lowest BCUT2D eigenvalue weighted by atomic mass is 9.70. The molecular formula is C17H20ClNO2. The first-order valence-electron chi connectivity index (χ1n) is 7.39. The van der Waals surface area contributed by atoms with Crippen LogP contribution in [0.4, 0.5) is 0 Å². The molecule has 112 valence electrons. The van der Waals surface area contributed by atoms with Crippen molar-refractivity contribution in [2.75, 3.05) is 0 Å². The van der Waals surface area contributed by atoms with E-state index in [0.717, 1.165) is 18.6 Å². The van der Waals surface area contributed by atoms with E-state index >= 15 is 0 Å². The number of benzene rings is 1. The van der Waals surface area contributed by atoms with E-state index in [1.807, 2.05) is 0 Å². The summed E-state index contributed by atoms with van der Waals surface area (Å²) in [4.78, 5) is 17.2. The summed E-state index contributed by atoms with van der Waals surface area (Å²) in [7, 11) is 0. The van der Waals surface area contributed by atoms with Gasteiger partial charge in [-0.1, -0.05) is 37.5 Å². The monoisotopic (exact) mass is 305 g/mol. The lowest BCUT2D eigenvalue weighted by Crippen LogP contribution is -2.32. The molecule has 2 aliphatic rings. The smallest absolute Gasteiger partial charge is 0.313 e. The molecule has 3 rings (SSSR count). The van der Waals surface area contributed by atoms with Gasteiger partial charge in [0.15, 0.2) is 0 Å². The highest BCUT2D eigenvalue weighted by Crippen LogP contribution is 2.63. The molecule has 0 heterocycles. The second-order valence-electron chi connectivity index (χ2n) is 6.92. The van der Waals surface area contributed by atoms with Crippen molar-refractivity contribution < 1.29 is 9.63 Å². The van der Waals surface area contributed by atoms with Crippen molar-refractivity contribution in [2.45, 2.75) is 40.0 Å². The Balaban J connectivity index is 1.76. The molecule has 0 unspecified atom stereocenters. The number of hydrogen-bond donors (Lipinski definition) is 0. The van der Waals surface area contributed by atoms with Crippen LogP contribution in [0.1, 0.15) is 50.4 Å². The van der Waals surface area contributed by atoms with Crippen molar-refractivity contribution in [1.29, 1.82) is 0 Å². The minimum atomic E-state index is -0.427. The zero-order valence-corrected chi connectivity index (χ0v) is 13.4. The Morgan fingerprint density at radius 2 is 1.95 bits per heavy atom. The topological polar surface area (TPSA) is 38.7 Å². The molecule has 0 saturated heterocycles. The van der Waals surface area contributed by atoms with Crippen LogP contribution in [0.2, 0.25) is 5.02 Å². The van der Waals surface area contributed by atoms with Crippen molar-refractivity contribution in [1.82, 2.24) is 0 Å². The Bertz CT molecular complexity index is 606. The number of rotatable bonds is 2. The lowest BCUT2D eigenvalue weighted by molar-refractivity contribution is 0.0508. The molecule has 2 aliphatic carbocycles. The maximum absolute atomic E-state index is 12.0. The van der Waals surface area contributed by atoms with E-state index in [1.165, 1.54) is 6.42 Å². The zero-order valence-electron chi connectivity index (χ0n) is 12.6. The van der Waals surface area contributed by atoms with Gasteiger partial charge in [-0.2, -0.15) is 0 Å². The van der Waals surface area contributed by atoms with Gasteiger partial charge >= 0.3 is 5.97 Å². The van der Waals surface area contributed by atoms with Gasteiger partial charge in [0.1, 0.15) is 0 Å². The number of carbonyl (C=O) groups is 1. The molecule has 4 heteroatoms. The average Bonchev–Trinajstić information content (AvgIpc) is 2.78. The van der Waals surface area contributed by atoms with Crippen LogP contribution < -0.4 is 0 Å². The van der Waals surface area contributed by atoms with Crippen LogP contribution >= 0.6 is 11.6 Å². The highest BCUT2D eigenvalue weighted by molar-refractivity contribution is 6.30. The van der Waals surface area contributed by atoms with Crippen LogP contribution in [0.5, 0.6) is 0 Å². The van der Waals surface area contributed by atoms with Crippen LogP contribution in [0, 0.1) is 16.7 Å². The minimum absolute atomic E-state index is 0.0535. The van der Waals surface area contributed by atoms with Gasteiger partial charge in [-0.05, 0) is 54.9 Å². The van der Waals surface area contributed by atoms with E-state index in [0.29, 0.717) is 16.5 Å². The van der Waals surface area contributed by atoms with Gasteiger partial charge in [0.2, 0.25) is 0 Å². The van der Waals surface area contributed by atoms with Gasteiger partial charge in [-0.3, -0.25) is 0 Å². The number of hydrogen-bond acceptors (Lipinski definition) is 3. The summed E-state index contributed by atoms with van der Waals surface area (Å²) in [5.74, 6) is 0.221. The Hall–Kier alpha value is -1.35. The average molecular weight is 306 g/mol. The molecule has 0 N–H and O–H groups in total. The van der Waals surface area contributed by atoms with E-state index in [2.05, 4.69) is 25.9 Å².